The van der Waals surface area contributed by atoms with E-state index in [2.05, 4.69) is 5.32 Å². The molecule has 2 amide bonds. The van der Waals surface area contributed by atoms with Gasteiger partial charge in [0.2, 0.25) is 21.8 Å². The smallest absolute Gasteiger partial charge is 0.244 e. The fraction of sp³-hybridized carbons (Fsp3) is 0.375. The van der Waals surface area contributed by atoms with Crippen molar-refractivity contribution in [2.24, 2.45) is 0 Å². The summed E-state index contributed by atoms with van der Waals surface area (Å²) in [6.45, 7) is -0.282. The third-order valence-electron chi connectivity index (χ3n) is 7.46. The van der Waals surface area contributed by atoms with E-state index in [0.717, 1.165) is 53.8 Å². The van der Waals surface area contributed by atoms with Crippen LogP contribution in [0.3, 0.4) is 0 Å². The molecule has 0 aliphatic heterocycles. The summed E-state index contributed by atoms with van der Waals surface area (Å²) < 4.78 is 32.1. The van der Waals surface area contributed by atoms with Gasteiger partial charge in [-0.2, -0.15) is 0 Å². The summed E-state index contributed by atoms with van der Waals surface area (Å²) in [6.07, 6.45) is 6.48. The molecule has 0 heterocycles. The van der Waals surface area contributed by atoms with Crippen LogP contribution in [0, 0.1) is 0 Å². The summed E-state index contributed by atoms with van der Waals surface area (Å²) in [5.41, 5.74) is 2.10. The summed E-state index contributed by atoms with van der Waals surface area (Å²) in [7, 11) is -2.29. The van der Waals surface area contributed by atoms with Gasteiger partial charge in [-0.15, -0.1) is 0 Å². The van der Waals surface area contributed by atoms with Gasteiger partial charge in [-0.3, -0.25) is 13.9 Å². The second kappa shape index (κ2) is 14.2. The van der Waals surface area contributed by atoms with Gasteiger partial charge in [-0.1, -0.05) is 79.9 Å². The Morgan fingerprint density at radius 3 is 2.02 bits per heavy atom. The first-order valence-electron chi connectivity index (χ1n) is 14.0. The van der Waals surface area contributed by atoms with Gasteiger partial charge in [0.1, 0.15) is 18.3 Å². The van der Waals surface area contributed by atoms with Crippen LogP contribution in [0.5, 0.6) is 5.75 Å². The average Bonchev–Trinajstić information content (AvgIpc) is 2.98. The largest absolute Gasteiger partial charge is 0.497 e. The van der Waals surface area contributed by atoms with Crippen LogP contribution in [-0.4, -0.2) is 57.1 Å². The van der Waals surface area contributed by atoms with Crippen molar-refractivity contribution < 1.29 is 22.7 Å². The average molecular weight is 578 g/mol. The molecule has 9 heteroatoms. The Balaban J connectivity index is 1.69. The van der Waals surface area contributed by atoms with Crippen molar-refractivity contribution in [1.82, 2.24) is 10.2 Å². The van der Waals surface area contributed by atoms with E-state index < -0.39 is 28.5 Å². The number of amides is 2. The van der Waals surface area contributed by atoms with E-state index in [9.17, 15) is 18.0 Å². The van der Waals surface area contributed by atoms with Gasteiger partial charge in [-0.05, 0) is 48.2 Å². The Hall–Kier alpha value is -3.85. The normalized spacial score (nSPS) is 14.6. The molecule has 4 rings (SSSR count). The van der Waals surface area contributed by atoms with Gasteiger partial charge in [0.25, 0.3) is 0 Å². The highest BCUT2D eigenvalue weighted by molar-refractivity contribution is 7.92. The van der Waals surface area contributed by atoms with Crippen LogP contribution in [0.4, 0.5) is 5.69 Å². The van der Waals surface area contributed by atoms with E-state index in [1.54, 1.807) is 24.3 Å². The molecule has 218 valence electrons. The van der Waals surface area contributed by atoms with Crippen LogP contribution in [0.15, 0.2) is 84.9 Å². The quantitative estimate of drug-likeness (QED) is 0.341. The molecule has 0 spiro atoms. The van der Waals surface area contributed by atoms with Crippen LogP contribution in [-0.2, 0) is 32.6 Å². The van der Waals surface area contributed by atoms with E-state index >= 15 is 0 Å². The zero-order chi connectivity index (χ0) is 29.2. The number of benzene rings is 3. The second-order valence-electron chi connectivity index (χ2n) is 10.5. The Morgan fingerprint density at radius 2 is 1.46 bits per heavy atom. The van der Waals surface area contributed by atoms with Gasteiger partial charge in [0.15, 0.2) is 0 Å². The lowest BCUT2D eigenvalue weighted by Crippen LogP contribution is -2.55. The minimum Gasteiger partial charge on any atom is -0.497 e. The number of rotatable bonds is 12. The Kier molecular flexibility index (Phi) is 10.4. The first-order chi connectivity index (χ1) is 19.7. The number of carbonyl (C=O) groups is 2. The van der Waals surface area contributed by atoms with Crippen LogP contribution in [0.25, 0.3) is 0 Å². The van der Waals surface area contributed by atoms with Gasteiger partial charge in [0, 0.05) is 19.0 Å². The molecule has 1 aliphatic carbocycles. The zero-order valence-electron chi connectivity index (χ0n) is 23.7. The molecule has 1 fully saturated rings. The lowest BCUT2D eigenvalue weighted by atomic mass is 9.94. The molecule has 1 N–H and O–H groups in total. The molecule has 0 unspecified atom stereocenters. The first-order valence-corrected chi connectivity index (χ1v) is 15.9. The molecule has 0 saturated heterocycles. The summed E-state index contributed by atoms with van der Waals surface area (Å²) in [5.74, 6) is -0.114. The number of hydrogen-bond acceptors (Lipinski definition) is 5. The van der Waals surface area contributed by atoms with Crippen LogP contribution in [0.1, 0.15) is 43.2 Å². The number of nitrogens with one attached hydrogen (secondary N) is 1. The van der Waals surface area contributed by atoms with Crippen molar-refractivity contribution in [1.29, 1.82) is 0 Å². The van der Waals surface area contributed by atoms with Crippen LogP contribution < -0.4 is 14.4 Å². The number of sulfonamides is 1. The van der Waals surface area contributed by atoms with E-state index in [-0.39, 0.29) is 18.5 Å². The minimum absolute atomic E-state index is 0.0648. The Morgan fingerprint density at radius 1 is 0.878 bits per heavy atom. The van der Waals surface area contributed by atoms with Gasteiger partial charge in [0.05, 0.1) is 19.1 Å². The van der Waals surface area contributed by atoms with Gasteiger partial charge >= 0.3 is 0 Å². The molecule has 1 saturated carbocycles. The van der Waals surface area contributed by atoms with Crippen LogP contribution >= 0.6 is 0 Å². The lowest BCUT2D eigenvalue weighted by molar-refractivity contribution is -0.140. The molecule has 1 atom stereocenters. The number of anilines is 1. The van der Waals surface area contributed by atoms with Crippen molar-refractivity contribution in [2.45, 2.75) is 57.2 Å². The summed E-state index contributed by atoms with van der Waals surface area (Å²) in [4.78, 5) is 29.6. The molecule has 1 aliphatic rings. The predicted molar refractivity (Wildman–Crippen MR) is 161 cm³/mol. The zero-order valence-corrected chi connectivity index (χ0v) is 24.6. The lowest BCUT2D eigenvalue weighted by Gasteiger charge is -2.35. The van der Waals surface area contributed by atoms with Crippen molar-refractivity contribution >= 4 is 27.5 Å². The SMILES string of the molecule is COc1ccc(N(CC(=O)N(Cc2ccccc2)[C@@H](Cc2ccccc2)C(=O)NC2CCCCC2)S(C)(=O)=O)cc1. The molecule has 0 bridgehead atoms. The third-order valence-corrected chi connectivity index (χ3v) is 8.60. The summed E-state index contributed by atoms with van der Waals surface area (Å²) in [6, 6.07) is 24.8. The maximum atomic E-state index is 14.1. The molecule has 0 radical (unpaired) electrons. The van der Waals surface area contributed by atoms with Crippen molar-refractivity contribution in [3.05, 3.63) is 96.1 Å². The maximum Gasteiger partial charge on any atom is 0.244 e. The predicted octanol–water partition coefficient (Wildman–Crippen LogP) is 4.55. The monoisotopic (exact) mass is 577 g/mol. The first kappa shape index (κ1) is 30.1. The van der Waals surface area contributed by atoms with E-state index in [4.69, 9.17) is 4.74 Å². The Bertz CT molecular complexity index is 1380. The summed E-state index contributed by atoms with van der Waals surface area (Å²) >= 11 is 0. The van der Waals surface area contributed by atoms with Gasteiger partial charge in [-0.25, -0.2) is 8.42 Å². The topological polar surface area (TPSA) is 96.0 Å². The molecule has 0 aromatic heterocycles. The van der Waals surface area contributed by atoms with E-state index in [1.807, 2.05) is 60.7 Å². The molecular formula is C32H39N3O5S. The number of hydrogen-bond donors (Lipinski definition) is 1. The van der Waals surface area contributed by atoms with E-state index in [0.29, 0.717) is 17.9 Å². The van der Waals surface area contributed by atoms with Crippen molar-refractivity contribution in [3.63, 3.8) is 0 Å². The highest BCUT2D eigenvalue weighted by Crippen LogP contribution is 2.24. The van der Waals surface area contributed by atoms with E-state index in [1.165, 1.54) is 12.0 Å². The maximum absolute atomic E-state index is 14.1. The number of carbonyl (C=O) groups excluding carboxylic acids is 2. The number of nitrogens with zero attached hydrogens (tertiary/aromatic N) is 2. The fourth-order valence-corrected chi connectivity index (χ4v) is 6.09. The standard InChI is InChI=1S/C32H39N3O5S/c1-40-29-20-18-28(19-21-29)35(41(2,38)39)24-31(36)34(23-26-14-8-4-9-15-26)30(22-25-12-6-3-7-13-25)32(37)33-27-16-10-5-11-17-27/h3-4,6-9,12-15,18-21,27,30H,5,10-11,16-17,22-24H2,1-2H3,(H,33,37)/t30-/m0/s1. The highest BCUT2D eigenvalue weighted by Gasteiger charge is 2.34. The highest BCUT2D eigenvalue weighted by atomic mass is 32.2. The fourth-order valence-electron chi connectivity index (χ4n) is 5.24. The van der Waals surface area contributed by atoms with Gasteiger partial charge < -0.3 is 15.0 Å². The molecule has 8 nitrogen and oxygen atoms in total. The molecule has 3 aromatic carbocycles. The number of ether oxygens (including phenoxy) is 1. The van der Waals surface area contributed by atoms with Crippen LogP contribution in [0.2, 0.25) is 0 Å². The van der Waals surface area contributed by atoms with Crippen molar-refractivity contribution in [3.8, 4) is 5.75 Å². The molecule has 41 heavy (non-hydrogen) atoms. The second-order valence-corrected chi connectivity index (χ2v) is 12.4. The third kappa shape index (κ3) is 8.57. The summed E-state index contributed by atoms with van der Waals surface area (Å²) in [5, 5.41) is 3.21. The number of methoxy groups -OCH3 is 1. The minimum atomic E-state index is -3.82. The molecule has 3 aromatic rings. The van der Waals surface area contributed by atoms with Crippen molar-refractivity contribution in [2.75, 3.05) is 24.2 Å². The molecular weight excluding hydrogens is 538 g/mol. The Labute approximate surface area is 243 Å².